The van der Waals surface area contributed by atoms with Gasteiger partial charge < -0.3 is 5.32 Å². The summed E-state index contributed by atoms with van der Waals surface area (Å²) >= 11 is 18.9. The van der Waals surface area contributed by atoms with Crippen molar-refractivity contribution in [1.82, 2.24) is 4.90 Å². The fourth-order valence-electron chi connectivity index (χ4n) is 3.12. The lowest BCUT2D eigenvalue weighted by atomic mass is 10.1. The van der Waals surface area contributed by atoms with Crippen LogP contribution < -0.4 is 5.32 Å². The molecule has 1 fully saturated rings. The number of para-hydroxylation sites is 1. The van der Waals surface area contributed by atoms with Crippen LogP contribution in [0.5, 0.6) is 0 Å². The van der Waals surface area contributed by atoms with Crippen molar-refractivity contribution in [2.24, 2.45) is 0 Å². The predicted molar refractivity (Wildman–Crippen MR) is 135 cm³/mol. The fraction of sp³-hybridized carbons (Fsp3) is 0.261. The maximum absolute atomic E-state index is 12.7. The molecule has 0 aliphatic carbocycles. The van der Waals surface area contributed by atoms with Crippen molar-refractivity contribution >= 4 is 75.1 Å². The van der Waals surface area contributed by atoms with E-state index in [-0.39, 0.29) is 11.8 Å². The summed E-state index contributed by atoms with van der Waals surface area (Å²) in [6, 6.07) is 13.0. The Morgan fingerprint density at radius 1 is 1.13 bits per heavy atom. The van der Waals surface area contributed by atoms with Crippen LogP contribution in [-0.4, -0.2) is 27.6 Å². The Labute approximate surface area is 202 Å². The fourth-order valence-corrected chi connectivity index (χ4v) is 4.79. The Kier molecular flexibility index (Phi) is 8.55. The normalized spacial score (nSPS) is 15.1. The van der Waals surface area contributed by atoms with E-state index in [9.17, 15) is 9.59 Å². The van der Waals surface area contributed by atoms with Gasteiger partial charge in [-0.05, 0) is 49.1 Å². The van der Waals surface area contributed by atoms with Crippen molar-refractivity contribution in [2.75, 3.05) is 11.9 Å². The monoisotopic (exact) mass is 492 g/mol. The zero-order chi connectivity index (χ0) is 22.4. The minimum absolute atomic E-state index is 0.00115. The summed E-state index contributed by atoms with van der Waals surface area (Å²) in [7, 11) is 0. The van der Waals surface area contributed by atoms with Gasteiger partial charge in [-0.25, -0.2) is 0 Å². The molecule has 1 heterocycles. The first-order valence-corrected chi connectivity index (χ1v) is 11.9. The third kappa shape index (κ3) is 6.32. The minimum atomic E-state index is -0.122. The van der Waals surface area contributed by atoms with Crippen LogP contribution >= 0.6 is 47.2 Å². The van der Waals surface area contributed by atoms with Gasteiger partial charge in [-0.1, -0.05) is 83.9 Å². The van der Waals surface area contributed by atoms with E-state index < -0.39 is 0 Å². The molecule has 0 spiro atoms. The smallest absolute Gasteiger partial charge is 0.266 e. The second-order valence-corrected chi connectivity index (χ2v) is 9.61. The highest BCUT2D eigenvalue weighted by atomic mass is 35.5. The molecule has 0 unspecified atom stereocenters. The summed E-state index contributed by atoms with van der Waals surface area (Å²) in [5.41, 5.74) is 2.57. The number of nitrogens with one attached hydrogen (secondary N) is 1. The van der Waals surface area contributed by atoms with Crippen molar-refractivity contribution in [1.29, 1.82) is 0 Å². The molecule has 0 bridgehead atoms. The number of thiocarbonyl (C=S) groups is 1. The molecule has 2 aromatic carbocycles. The van der Waals surface area contributed by atoms with Gasteiger partial charge in [-0.3, -0.25) is 14.5 Å². The van der Waals surface area contributed by atoms with Crippen molar-refractivity contribution in [3.63, 3.8) is 0 Å². The lowest BCUT2D eigenvalue weighted by Crippen LogP contribution is -2.29. The largest absolute Gasteiger partial charge is 0.326 e. The maximum atomic E-state index is 12.7. The topological polar surface area (TPSA) is 49.4 Å². The van der Waals surface area contributed by atoms with Crippen LogP contribution in [0.4, 0.5) is 5.69 Å². The maximum Gasteiger partial charge on any atom is 0.266 e. The number of halogens is 2. The third-order valence-corrected chi connectivity index (χ3v) is 7.06. The van der Waals surface area contributed by atoms with Gasteiger partial charge in [0.25, 0.3) is 5.91 Å². The number of nitrogens with zero attached hydrogens (tertiary/aromatic N) is 1. The molecule has 3 rings (SSSR count). The van der Waals surface area contributed by atoms with Crippen LogP contribution in [0.25, 0.3) is 6.08 Å². The summed E-state index contributed by atoms with van der Waals surface area (Å²) in [5.74, 6) is -0.121. The molecule has 31 heavy (non-hydrogen) atoms. The SMILES string of the molecule is Cc1ccccc1NC(=O)CCCCCN1C(=O)/C(=C/c2cccc(Cl)c2Cl)SC1=S. The Morgan fingerprint density at radius 2 is 1.90 bits per heavy atom. The van der Waals surface area contributed by atoms with Gasteiger partial charge in [0, 0.05) is 18.7 Å². The Bertz CT molecular complexity index is 1040. The average Bonchev–Trinajstić information content (AvgIpc) is 3.00. The van der Waals surface area contributed by atoms with Crippen LogP contribution in [0.15, 0.2) is 47.4 Å². The van der Waals surface area contributed by atoms with Gasteiger partial charge >= 0.3 is 0 Å². The number of rotatable bonds is 8. The van der Waals surface area contributed by atoms with Gasteiger partial charge in [0.05, 0.1) is 15.0 Å². The molecule has 0 atom stereocenters. The average molecular weight is 493 g/mol. The van der Waals surface area contributed by atoms with Crippen LogP contribution in [0, 0.1) is 6.92 Å². The highest BCUT2D eigenvalue weighted by molar-refractivity contribution is 8.26. The molecule has 0 radical (unpaired) electrons. The zero-order valence-electron chi connectivity index (χ0n) is 17.0. The molecule has 0 saturated carbocycles. The summed E-state index contributed by atoms with van der Waals surface area (Å²) in [6.07, 6.45) is 4.52. The van der Waals surface area contributed by atoms with E-state index in [1.807, 2.05) is 37.3 Å². The molecule has 1 N–H and O–H groups in total. The molecule has 4 nitrogen and oxygen atoms in total. The molecule has 162 valence electrons. The second-order valence-electron chi connectivity index (χ2n) is 7.15. The number of hydrogen-bond acceptors (Lipinski definition) is 4. The summed E-state index contributed by atoms with van der Waals surface area (Å²) < 4.78 is 0.534. The van der Waals surface area contributed by atoms with Crippen LogP contribution in [0.2, 0.25) is 10.0 Å². The number of hydrogen-bond donors (Lipinski definition) is 1. The minimum Gasteiger partial charge on any atom is -0.326 e. The number of anilines is 1. The highest BCUT2D eigenvalue weighted by Crippen LogP contribution is 2.35. The third-order valence-electron chi connectivity index (χ3n) is 4.85. The molecule has 2 amide bonds. The number of carbonyl (C=O) groups is 2. The van der Waals surface area contributed by atoms with Gasteiger partial charge in [-0.2, -0.15) is 0 Å². The van der Waals surface area contributed by atoms with Crippen molar-refractivity contribution in [2.45, 2.75) is 32.6 Å². The Hall–Kier alpha value is -1.86. The molecule has 1 aliphatic rings. The van der Waals surface area contributed by atoms with E-state index in [0.29, 0.717) is 37.8 Å². The van der Waals surface area contributed by atoms with E-state index in [1.165, 1.54) is 11.8 Å². The van der Waals surface area contributed by atoms with Crippen LogP contribution in [-0.2, 0) is 9.59 Å². The molecule has 8 heteroatoms. The molecular formula is C23H22Cl2N2O2S2. The van der Waals surface area contributed by atoms with E-state index in [0.717, 1.165) is 30.5 Å². The quantitative estimate of drug-likeness (QED) is 0.253. The first kappa shape index (κ1) is 23.8. The van der Waals surface area contributed by atoms with Crippen molar-refractivity contribution < 1.29 is 9.59 Å². The molecule has 2 aromatic rings. The number of aryl methyl sites for hydroxylation is 1. The van der Waals surface area contributed by atoms with Gasteiger partial charge in [0.1, 0.15) is 4.32 Å². The Morgan fingerprint density at radius 3 is 2.68 bits per heavy atom. The zero-order valence-corrected chi connectivity index (χ0v) is 20.1. The predicted octanol–water partition coefficient (Wildman–Crippen LogP) is 6.70. The molecular weight excluding hydrogens is 471 g/mol. The van der Waals surface area contributed by atoms with Crippen molar-refractivity contribution in [3.8, 4) is 0 Å². The summed E-state index contributed by atoms with van der Waals surface area (Å²) in [4.78, 5) is 27.0. The van der Waals surface area contributed by atoms with Gasteiger partial charge in [0.2, 0.25) is 5.91 Å². The highest BCUT2D eigenvalue weighted by Gasteiger charge is 2.31. The summed E-state index contributed by atoms with van der Waals surface area (Å²) in [6.45, 7) is 2.50. The van der Waals surface area contributed by atoms with Gasteiger partial charge in [0.15, 0.2) is 0 Å². The molecule has 1 saturated heterocycles. The number of benzene rings is 2. The second kappa shape index (κ2) is 11.1. The lowest BCUT2D eigenvalue weighted by molar-refractivity contribution is -0.122. The Balaban J connectivity index is 1.45. The molecule has 0 aromatic heterocycles. The van der Waals surface area contributed by atoms with E-state index >= 15 is 0 Å². The first-order chi connectivity index (χ1) is 14.9. The van der Waals surface area contributed by atoms with E-state index in [4.69, 9.17) is 35.4 Å². The standard InChI is InChI=1S/C23H22Cl2N2O2S2/c1-15-8-4-5-11-18(15)26-20(28)12-3-2-6-13-27-22(29)19(31-23(27)30)14-16-9-7-10-17(24)21(16)25/h4-5,7-11,14H,2-3,6,12-13H2,1H3,(H,26,28)/b19-14-. The summed E-state index contributed by atoms with van der Waals surface area (Å²) in [5, 5.41) is 3.80. The molecule has 1 aliphatic heterocycles. The number of carbonyl (C=O) groups excluding carboxylic acids is 2. The van der Waals surface area contributed by atoms with Gasteiger partial charge in [-0.15, -0.1) is 0 Å². The lowest BCUT2D eigenvalue weighted by Gasteiger charge is -2.14. The van der Waals surface area contributed by atoms with E-state index in [1.54, 1.807) is 23.1 Å². The van der Waals surface area contributed by atoms with E-state index in [2.05, 4.69) is 5.32 Å². The number of thioether (sulfide) groups is 1. The van der Waals surface area contributed by atoms with Crippen LogP contribution in [0.3, 0.4) is 0 Å². The van der Waals surface area contributed by atoms with Crippen LogP contribution in [0.1, 0.15) is 36.8 Å². The number of unbranched alkanes of at least 4 members (excludes halogenated alkanes) is 2. The van der Waals surface area contributed by atoms with Crippen molar-refractivity contribution in [3.05, 3.63) is 68.5 Å². The first-order valence-electron chi connectivity index (χ1n) is 9.91. The number of amides is 2.